The summed E-state index contributed by atoms with van der Waals surface area (Å²) in [6.07, 6.45) is 5.65. The van der Waals surface area contributed by atoms with E-state index in [0.29, 0.717) is 5.92 Å². The molecular formula is C14H16N2. The predicted octanol–water partition coefficient (Wildman–Crippen LogP) is 3.58. The van der Waals surface area contributed by atoms with Crippen molar-refractivity contribution in [2.24, 2.45) is 0 Å². The molecule has 0 aromatic carbocycles. The van der Waals surface area contributed by atoms with Crippen molar-refractivity contribution < 1.29 is 0 Å². The molecule has 2 rings (SSSR count). The lowest BCUT2D eigenvalue weighted by molar-refractivity contribution is 0.859. The first kappa shape index (κ1) is 10.8. The Hall–Kier alpha value is -1.70. The van der Waals surface area contributed by atoms with Crippen LogP contribution < -0.4 is 0 Å². The molecule has 0 saturated carbocycles. The maximum atomic E-state index is 4.47. The summed E-state index contributed by atoms with van der Waals surface area (Å²) in [4.78, 5) is 8.65. The fraction of sp³-hybridized carbons (Fsp3) is 0.286. The van der Waals surface area contributed by atoms with Crippen LogP contribution in [0.1, 0.15) is 30.9 Å². The monoisotopic (exact) mass is 212 g/mol. The van der Waals surface area contributed by atoms with Gasteiger partial charge in [-0.05, 0) is 36.1 Å². The van der Waals surface area contributed by atoms with Gasteiger partial charge >= 0.3 is 0 Å². The minimum Gasteiger partial charge on any atom is -0.264 e. The predicted molar refractivity (Wildman–Crippen MR) is 66.3 cm³/mol. The number of hydrogen-bond acceptors (Lipinski definition) is 2. The molecule has 2 heterocycles. The Balaban J connectivity index is 2.35. The van der Waals surface area contributed by atoms with Crippen LogP contribution in [0.2, 0.25) is 0 Å². The van der Waals surface area contributed by atoms with Crippen molar-refractivity contribution in [3.05, 3.63) is 47.9 Å². The molecule has 0 fully saturated rings. The molecule has 2 aromatic rings. The van der Waals surface area contributed by atoms with Crippen LogP contribution in [0, 0.1) is 6.92 Å². The Kier molecular flexibility index (Phi) is 3.00. The average molecular weight is 212 g/mol. The maximum Gasteiger partial charge on any atom is 0.0717 e. The van der Waals surface area contributed by atoms with Gasteiger partial charge < -0.3 is 0 Å². The highest BCUT2D eigenvalue weighted by molar-refractivity contribution is 5.58. The van der Waals surface area contributed by atoms with Crippen molar-refractivity contribution in [1.29, 1.82) is 0 Å². The summed E-state index contributed by atoms with van der Waals surface area (Å²) in [5, 5.41) is 0. The number of rotatable bonds is 2. The number of aryl methyl sites for hydroxylation is 1. The van der Waals surface area contributed by atoms with Crippen LogP contribution in [-0.2, 0) is 0 Å². The van der Waals surface area contributed by atoms with Crippen LogP contribution in [0.25, 0.3) is 11.3 Å². The zero-order valence-electron chi connectivity index (χ0n) is 9.94. The molecule has 0 bridgehead atoms. The van der Waals surface area contributed by atoms with Crippen LogP contribution in [-0.4, -0.2) is 9.97 Å². The Labute approximate surface area is 96.4 Å². The van der Waals surface area contributed by atoms with E-state index in [9.17, 15) is 0 Å². The van der Waals surface area contributed by atoms with E-state index >= 15 is 0 Å². The van der Waals surface area contributed by atoms with Gasteiger partial charge in [-0.3, -0.25) is 9.97 Å². The first-order valence-corrected chi connectivity index (χ1v) is 5.55. The standard InChI is InChI=1S/C14H16N2/c1-10(2)12-4-5-14(16-9-12)13-6-11(3)7-15-8-13/h4-10H,1-3H3. The summed E-state index contributed by atoms with van der Waals surface area (Å²) in [5.74, 6) is 0.525. The van der Waals surface area contributed by atoms with Crippen LogP contribution >= 0.6 is 0 Å². The van der Waals surface area contributed by atoms with Gasteiger partial charge in [0.2, 0.25) is 0 Å². The van der Waals surface area contributed by atoms with Crippen LogP contribution in [0.5, 0.6) is 0 Å². The molecule has 2 heteroatoms. The van der Waals surface area contributed by atoms with Crippen molar-refractivity contribution >= 4 is 0 Å². The number of nitrogens with zero attached hydrogens (tertiary/aromatic N) is 2. The van der Waals surface area contributed by atoms with Crippen molar-refractivity contribution in [2.45, 2.75) is 26.7 Å². The van der Waals surface area contributed by atoms with Gasteiger partial charge in [-0.1, -0.05) is 19.9 Å². The molecule has 0 N–H and O–H groups in total. The van der Waals surface area contributed by atoms with E-state index in [1.165, 1.54) is 5.56 Å². The van der Waals surface area contributed by atoms with Gasteiger partial charge in [-0.2, -0.15) is 0 Å². The molecule has 0 aliphatic carbocycles. The van der Waals surface area contributed by atoms with E-state index in [2.05, 4.69) is 42.0 Å². The normalized spacial score (nSPS) is 10.8. The van der Waals surface area contributed by atoms with E-state index < -0.39 is 0 Å². The van der Waals surface area contributed by atoms with Crippen molar-refractivity contribution in [1.82, 2.24) is 9.97 Å². The minimum absolute atomic E-state index is 0.525. The Morgan fingerprint density at radius 2 is 1.88 bits per heavy atom. The van der Waals surface area contributed by atoms with E-state index in [-0.39, 0.29) is 0 Å². The topological polar surface area (TPSA) is 25.8 Å². The summed E-state index contributed by atoms with van der Waals surface area (Å²) in [6, 6.07) is 6.30. The molecule has 0 unspecified atom stereocenters. The number of aromatic nitrogens is 2. The summed E-state index contributed by atoms with van der Waals surface area (Å²) in [6.45, 7) is 6.38. The lowest BCUT2D eigenvalue weighted by Crippen LogP contribution is -1.91. The molecule has 0 saturated heterocycles. The fourth-order valence-electron chi connectivity index (χ4n) is 1.61. The van der Waals surface area contributed by atoms with Gasteiger partial charge in [0.25, 0.3) is 0 Å². The molecule has 0 aliphatic heterocycles. The van der Waals surface area contributed by atoms with Gasteiger partial charge in [-0.25, -0.2) is 0 Å². The number of hydrogen-bond donors (Lipinski definition) is 0. The van der Waals surface area contributed by atoms with E-state index in [4.69, 9.17) is 0 Å². The van der Waals surface area contributed by atoms with Crippen molar-refractivity contribution in [3.8, 4) is 11.3 Å². The summed E-state index contributed by atoms with van der Waals surface area (Å²) in [5.41, 5.74) is 4.49. The first-order valence-electron chi connectivity index (χ1n) is 5.55. The van der Waals surface area contributed by atoms with Gasteiger partial charge in [0.15, 0.2) is 0 Å². The second-order valence-corrected chi connectivity index (χ2v) is 4.38. The molecule has 0 aliphatic rings. The fourth-order valence-corrected chi connectivity index (χ4v) is 1.61. The summed E-state index contributed by atoms with van der Waals surface area (Å²) >= 11 is 0. The Bertz CT molecular complexity index is 472. The van der Waals surface area contributed by atoms with E-state index in [1.54, 1.807) is 0 Å². The molecule has 2 nitrogen and oxygen atoms in total. The van der Waals surface area contributed by atoms with Gasteiger partial charge in [0.05, 0.1) is 5.69 Å². The smallest absolute Gasteiger partial charge is 0.0717 e. The highest BCUT2D eigenvalue weighted by Crippen LogP contribution is 2.19. The van der Waals surface area contributed by atoms with Crippen molar-refractivity contribution in [2.75, 3.05) is 0 Å². The Morgan fingerprint density at radius 3 is 2.44 bits per heavy atom. The molecular weight excluding hydrogens is 196 g/mol. The zero-order valence-corrected chi connectivity index (χ0v) is 9.94. The van der Waals surface area contributed by atoms with Crippen molar-refractivity contribution in [3.63, 3.8) is 0 Å². The number of pyridine rings is 2. The third-order valence-electron chi connectivity index (χ3n) is 2.62. The highest BCUT2D eigenvalue weighted by Gasteiger charge is 2.02. The Morgan fingerprint density at radius 1 is 1.06 bits per heavy atom. The summed E-state index contributed by atoms with van der Waals surface area (Å²) in [7, 11) is 0. The maximum absolute atomic E-state index is 4.47. The first-order chi connectivity index (χ1) is 7.66. The quantitative estimate of drug-likeness (QED) is 0.760. The van der Waals surface area contributed by atoms with Gasteiger partial charge in [0, 0.05) is 24.2 Å². The average Bonchev–Trinajstić information content (AvgIpc) is 2.29. The third-order valence-corrected chi connectivity index (χ3v) is 2.62. The van der Waals surface area contributed by atoms with E-state index in [1.807, 2.05) is 25.5 Å². The molecule has 0 atom stereocenters. The minimum atomic E-state index is 0.525. The van der Waals surface area contributed by atoms with E-state index in [0.717, 1.165) is 16.8 Å². The molecule has 0 radical (unpaired) electrons. The SMILES string of the molecule is Cc1cncc(-c2ccc(C(C)C)cn2)c1. The van der Waals surface area contributed by atoms with Gasteiger partial charge in [0.1, 0.15) is 0 Å². The van der Waals surface area contributed by atoms with Crippen LogP contribution in [0.3, 0.4) is 0 Å². The second-order valence-electron chi connectivity index (χ2n) is 4.38. The molecule has 0 amide bonds. The molecule has 16 heavy (non-hydrogen) atoms. The molecule has 82 valence electrons. The summed E-state index contributed by atoms with van der Waals surface area (Å²) < 4.78 is 0. The van der Waals surface area contributed by atoms with Crippen LogP contribution in [0.15, 0.2) is 36.8 Å². The van der Waals surface area contributed by atoms with Crippen LogP contribution in [0.4, 0.5) is 0 Å². The molecule has 0 spiro atoms. The highest BCUT2D eigenvalue weighted by atomic mass is 14.7. The molecule has 2 aromatic heterocycles. The largest absolute Gasteiger partial charge is 0.264 e. The lowest BCUT2D eigenvalue weighted by Gasteiger charge is -2.06. The lowest BCUT2D eigenvalue weighted by atomic mass is 10.0. The third kappa shape index (κ3) is 2.27. The zero-order chi connectivity index (χ0) is 11.5. The van der Waals surface area contributed by atoms with Gasteiger partial charge in [-0.15, -0.1) is 0 Å². The second kappa shape index (κ2) is 4.44.